The zero-order chi connectivity index (χ0) is 14.9. The number of anilines is 2. The molecule has 1 aliphatic heterocycles. The zero-order valence-electron chi connectivity index (χ0n) is 12.1. The zero-order valence-corrected chi connectivity index (χ0v) is 12.9. The fraction of sp³-hybridized carbons (Fsp3) is 0.643. The highest BCUT2D eigenvalue weighted by molar-refractivity contribution is 7.89. The van der Waals surface area contributed by atoms with Crippen molar-refractivity contribution in [2.75, 3.05) is 36.8 Å². The van der Waals surface area contributed by atoms with E-state index in [0.29, 0.717) is 32.0 Å². The van der Waals surface area contributed by atoms with Gasteiger partial charge in [0.1, 0.15) is 5.82 Å². The van der Waals surface area contributed by atoms with Crippen LogP contribution < -0.4 is 10.6 Å². The molecule has 1 aromatic rings. The molecule has 2 heterocycles. The highest BCUT2D eigenvalue weighted by atomic mass is 32.2. The van der Waals surface area contributed by atoms with Crippen LogP contribution in [0.15, 0.2) is 18.3 Å². The summed E-state index contributed by atoms with van der Waals surface area (Å²) in [6.07, 6.45) is 5.48. The van der Waals surface area contributed by atoms with Crippen molar-refractivity contribution >= 4 is 21.5 Å². The Morgan fingerprint density at radius 1 is 1.10 bits per heavy atom. The van der Waals surface area contributed by atoms with E-state index in [1.165, 1.54) is 0 Å². The lowest BCUT2D eigenvalue weighted by atomic mass is 10.3. The van der Waals surface area contributed by atoms with E-state index in [1.54, 1.807) is 16.6 Å². The summed E-state index contributed by atoms with van der Waals surface area (Å²) in [4.78, 5) is 6.25. The summed E-state index contributed by atoms with van der Waals surface area (Å²) < 4.78 is 26.8. The number of aromatic nitrogens is 1. The van der Waals surface area contributed by atoms with Crippen LogP contribution in [0.2, 0.25) is 0 Å². The van der Waals surface area contributed by atoms with Crippen LogP contribution in [0.5, 0.6) is 0 Å². The minimum Gasteiger partial charge on any atom is -0.384 e. The van der Waals surface area contributed by atoms with Crippen molar-refractivity contribution in [2.24, 2.45) is 0 Å². The molecule has 0 unspecified atom stereocenters. The van der Waals surface area contributed by atoms with Crippen molar-refractivity contribution in [1.82, 2.24) is 9.29 Å². The van der Waals surface area contributed by atoms with Gasteiger partial charge in [-0.15, -0.1) is 0 Å². The first-order valence-corrected chi connectivity index (χ1v) is 9.03. The molecule has 6 nitrogen and oxygen atoms in total. The maximum atomic E-state index is 12.6. The van der Waals surface area contributed by atoms with Crippen molar-refractivity contribution in [3.8, 4) is 0 Å². The fourth-order valence-electron chi connectivity index (χ4n) is 3.18. The molecule has 0 atom stereocenters. The molecular weight excluding hydrogens is 288 g/mol. The maximum Gasteiger partial charge on any atom is 0.217 e. The summed E-state index contributed by atoms with van der Waals surface area (Å²) in [5.74, 6) is 0.501. The molecule has 0 bridgehead atoms. The second-order valence-electron chi connectivity index (χ2n) is 5.78. The maximum absolute atomic E-state index is 12.6. The molecule has 116 valence electrons. The van der Waals surface area contributed by atoms with E-state index in [2.05, 4.69) is 9.88 Å². The van der Waals surface area contributed by atoms with Gasteiger partial charge in [0.2, 0.25) is 10.0 Å². The molecule has 2 aliphatic rings. The first-order chi connectivity index (χ1) is 10.1. The highest BCUT2D eigenvalue weighted by Crippen LogP contribution is 2.28. The van der Waals surface area contributed by atoms with Gasteiger partial charge in [-0.25, -0.2) is 13.4 Å². The summed E-state index contributed by atoms with van der Waals surface area (Å²) in [6.45, 7) is 2.53. The van der Waals surface area contributed by atoms with Gasteiger partial charge in [0.05, 0.1) is 17.1 Å². The molecule has 1 saturated heterocycles. The lowest BCUT2D eigenvalue weighted by molar-refractivity contribution is 0.378. The molecule has 1 aliphatic carbocycles. The lowest BCUT2D eigenvalue weighted by Crippen LogP contribution is -2.50. The molecule has 3 rings (SSSR count). The average Bonchev–Trinajstić information content (AvgIpc) is 3.03. The first kappa shape index (κ1) is 14.6. The predicted octanol–water partition coefficient (Wildman–Crippen LogP) is 1.06. The van der Waals surface area contributed by atoms with Crippen molar-refractivity contribution in [3.63, 3.8) is 0 Å². The van der Waals surface area contributed by atoms with Gasteiger partial charge in [-0.2, -0.15) is 4.31 Å². The summed E-state index contributed by atoms with van der Waals surface area (Å²) >= 11 is 0. The Labute approximate surface area is 126 Å². The Kier molecular flexibility index (Phi) is 4.03. The summed E-state index contributed by atoms with van der Waals surface area (Å²) in [7, 11) is -3.10. The summed E-state index contributed by atoms with van der Waals surface area (Å²) in [5, 5.41) is -0.151. The second kappa shape index (κ2) is 5.81. The minimum absolute atomic E-state index is 0.151. The van der Waals surface area contributed by atoms with Crippen LogP contribution in [0.1, 0.15) is 25.7 Å². The van der Waals surface area contributed by atoms with Crippen LogP contribution in [0.3, 0.4) is 0 Å². The van der Waals surface area contributed by atoms with Gasteiger partial charge < -0.3 is 10.6 Å². The van der Waals surface area contributed by atoms with Crippen molar-refractivity contribution in [2.45, 2.75) is 30.9 Å². The number of nitrogens with two attached hydrogens (primary N) is 1. The van der Waals surface area contributed by atoms with Gasteiger partial charge in [-0.05, 0) is 25.0 Å². The van der Waals surface area contributed by atoms with Crippen LogP contribution in [0.25, 0.3) is 0 Å². The molecular formula is C14H22N4O2S. The quantitative estimate of drug-likeness (QED) is 0.903. The van der Waals surface area contributed by atoms with E-state index in [4.69, 9.17) is 5.73 Å². The van der Waals surface area contributed by atoms with Gasteiger partial charge in [-0.1, -0.05) is 12.8 Å². The normalized spacial score (nSPS) is 21.8. The second-order valence-corrected chi connectivity index (χ2v) is 7.99. The van der Waals surface area contributed by atoms with E-state index in [9.17, 15) is 8.42 Å². The third-order valence-electron chi connectivity index (χ3n) is 4.46. The van der Waals surface area contributed by atoms with Crippen molar-refractivity contribution < 1.29 is 8.42 Å². The summed E-state index contributed by atoms with van der Waals surface area (Å²) in [5.41, 5.74) is 6.59. The number of piperazine rings is 1. The van der Waals surface area contributed by atoms with Gasteiger partial charge in [-0.3, -0.25) is 0 Å². The Morgan fingerprint density at radius 2 is 1.76 bits per heavy atom. The van der Waals surface area contributed by atoms with Crippen molar-refractivity contribution in [1.29, 1.82) is 0 Å². The summed E-state index contributed by atoms with van der Waals surface area (Å²) in [6, 6.07) is 3.71. The molecule has 0 spiro atoms. The highest BCUT2D eigenvalue weighted by Gasteiger charge is 2.35. The standard InChI is InChI=1S/C14H22N4O2S/c15-14-6-5-12(11-16-14)17-7-9-18(10-8-17)21(19,20)13-3-1-2-4-13/h5-6,11,13H,1-4,7-10H2,(H2,15,16). The molecule has 1 aromatic heterocycles. The largest absolute Gasteiger partial charge is 0.384 e. The number of nitrogen functional groups attached to an aromatic ring is 1. The lowest BCUT2D eigenvalue weighted by Gasteiger charge is -2.36. The van der Waals surface area contributed by atoms with Gasteiger partial charge >= 0.3 is 0 Å². The molecule has 0 aromatic carbocycles. The van der Waals surface area contributed by atoms with Crippen LogP contribution in [-0.2, 0) is 10.0 Å². The van der Waals surface area contributed by atoms with Crippen LogP contribution >= 0.6 is 0 Å². The SMILES string of the molecule is Nc1ccc(N2CCN(S(=O)(=O)C3CCCC3)CC2)cn1. The fourth-order valence-corrected chi connectivity index (χ4v) is 5.21. The number of sulfonamides is 1. The Balaban J connectivity index is 1.63. The van der Waals surface area contributed by atoms with Gasteiger partial charge in [0.15, 0.2) is 0 Å². The number of pyridine rings is 1. The van der Waals surface area contributed by atoms with Crippen molar-refractivity contribution in [3.05, 3.63) is 18.3 Å². The number of hydrogen-bond donors (Lipinski definition) is 1. The minimum atomic E-state index is -3.10. The first-order valence-electron chi connectivity index (χ1n) is 7.53. The monoisotopic (exact) mass is 310 g/mol. The van der Waals surface area contributed by atoms with Crippen LogP contribution in [0.4, 0.5) is 11.5 Å². The van der Waals surface area contributed by atoms with E-state index in [0.717, 1.165) is 31.4 Å². The average molecular weight is 310 g/mol. The van der Waals surface area contributed by atoms with Gasteiger partial charge in [0.25, 0.3) is 0 Å². The predicted molar refractivity (Wildman–Crippen MR) is 83.6 cm³/mol. The topological polar surface area (TPSA) is 79.5 Å². The molecule has 2 fully saturated rings. The van der Waals surface area contributed by atoms with E-state index < -0.39 is 10.0 Å². The Hall–Kier alpha value is -1.34. The van der Waals surface area contributed by atoms with E-state index in [-0.39, 0.29) is 5.25 Å². The molecule has 7 heteroatoms. The van der Waals surface area contributed by atoms with Gasteiger partial charge in [0, 0.05) is 26.2 Å². The number of hydrogen-bond acceptors (Lipinski definition) is 5. The van der Waals surface area contributed by atoms with E-state index in [1.807, 2.05) is 6.07 Å². The molecule has 0 amide bonds. The molecule has 0 radical (unpaired) electrons. The Bertz CT molecular complexity index is 573. The molecule has 1 saturated carbocycles. The molecule has 21 heavy (non-hydrogen) atoms. The third-order valence-corrected chi connectivity index (χ3v) is 6.86. The molecule has 2 N–H and O–H groups in total. The van der Waals surface area contributed by atoms with Crippen LogP contribution in [-0.4, -0.2) is 49.1 Å². The number of rotatable bonds is 3. The Morgan fingerprint density at radius 3 is 2.33 bits per heavy atom. The third kappa shape index (κ3) is 2.98. The van der Waals surface area contributed by atoms with Crippen LogP contribution in [0, 0.1) is 0 Å². The smallest absolute Gasteiger partial charge is 0.217 e. The number of nitrogens with zero attached hydrogens (tertiary/aromatic N) is 3. The van der Waals surface area contributed by atoms with E-state index >= 15 is 0 Å².